The van der Waals surface area contributed by atoms with Crippen LogP contribution in [0.25, 0.3) is 0 Å². The van der Waals surface area contributed by atoms with Crippen LogP contribution in [0.3, 0.4) is 0 Å². The maximum Gasteiger partial charge on any atom is 0.208 e. The monoisotopic (exact) mass is 296 g/mol. The van der Waals surface area contributed by atoms with Crippen molar-refractivity contribution in [2.45, 2.75) is 65.2 Å². The second-order valence-electron chi connectivity index (χ2n) is 6.26. The second-order valence-corrected chi connectivity index (χ2v) is 6.26. The van der Waals surface area contributed by atoms with Crippen molar-refractivity contribution in [2.24, 2.45) is 5.92 Å². The summed E-state index contributed by atoms with van der Waals surface area (Å²) >= 11 is 0. The van der Waals surface area contributed by atoms with Crippen LogP contribution in [0.2, 0.25) is 0 Å². The van der Waals surface area contributed by atoms with Gasteiger partial charge in [0, 0.05) is 6.54 Å². The molecule has 0 aromatic carbocycles. The van der Waals surface area contributed by atoms with Crippen LogP contribution in [0.15, 0.2) is 4.42 Å². The Hall–Kier alpha value is -0.910. The molecule has 0 bridgehead atoms. The molecule has 1 aromatic rings. The molecule has 5 heteroatoms. The van der Waals surface area contributed by atoms with Gasteiger partial charge in [-0.05, 0) is 32.6 Å². The molecular formula is C16H28N2O3. The van der Waals surface area contributed by atoms with E-state index in [0.717, 1.165) is 30.2 Å². The standard InChI is InChI=1S/C16H28N2O3/c1-11-5-4-6-15(7-11)20-10-14(19)8-17-9-16-18-12(2)13(3)21-16/h11,14-15,17,19H,4-10H2,1-3H3. The number of aromatic nitrogens is 1. The van der Waals surface area contributed by atoms with Gasteiger partial charge in [-0.15, -0.1) is 0 Å². The van der Waals surface area contributed by atoms with E-state index in [1.807, 2.05) is 13.8 Å². The molecule has 3 unspecified atom stereocenters. The molecule has 1 saturated carbocycles. The highest BCUT2D eigenvalue weighted by Gasteiger charge is 2.20. The smallest absolute Gasteiger partial charge is 0.208 e. The molecule has 1 heterocycles. The maximum atomic E-state index is 9.95. The Morgan fingerprint density at radius 1 is 1.43 bits per heavy atom. The van der Waals surface area contributed by atoms with Crippen LogP contribution in [0.5, 0.6) is 0 Å². The molecule has 2 N–H and O–H groups in total. The molecule has 2 rings (SSSR count). The third-order valence-electron chi connectivity index (χ3n) is 4.14. The summed E-state index contributed by atoms with van der Waals surface area (Å²) in [4.78, 5) is 4.29. The van der Waals surface area contributed by atoms with E-state index in [-0.39, 0.29) is 0 Å². The first-order chi connectivity index (χ1) is 10.0. The molecule has 3 atom stereocenters. The fourth-order valence-corrected chi connectivity index (χ4v) is 2.80. The van der Waals surface area contributed by atoms with Gasteiger partial charge in [0.2, 0.25) is 5.89 Å². The molecule has 0 radical (unpaired) electrons. The van der Waals surface area contributed by atoms with Gasteiger partial charge in [0.25, 0.3) is 0 Å². The normalized spacial score (nSPS) is 24.2. The first-order valence-electron chi connectivity index (χ1n) is 7.98. The SMILES string of the molecule is Cc1nc(CNCC(O)COC2CCCC(C)C2)oc1C. The topological polar surface area (TPSA) is 67.5 Å². The zero-order chi connectivity index (χ0) is 15.2. The van der Waals surface area contributed by atoms with Gasteiger partial charge < -0.3 is 19.6 Å². The average molecular weight is 296 g/mol. The lowest BCUT2D eigenvalue weighted by molar-refractivity contribution is -0.0307. The summed E-state index contributed by atoms with van der Waals surface area (Å²) in [6.45, 7) is 7.52. The van der Waals surface area contributed by atoms with E-state index >= 15 is 0 Å². The highest BCUT2D eigenvalue weighted by atomic mass is 16.5. The van der Waals surface area contributed by atoms with Crippen LogP contribution >= 0.6 is 0 Å². The number of nitrogens with zero attached hydrogens (tertiary/aromatic N) is 1. The Morgan fingerprint density at radius 3 is 2.90 bits per heavy atom. The van der Waals surface area contributed by atoms with Crippen LogP contribution in [0.1, 0.15) is 50.0 Å². The van der Waals surface area contributed by atoms with E-state index < -0.39 is 6.10 Å². The molecular weight excluding hydrogens is 268 g/mol. The summed E-state index contributed by atoms with van der Waals surface area (Å²) in [6, 6.07) is 0. The Balaban J connectivity index is 1.60. The van der Waals surface area contributed by atoms with Crippen molar-refractivity contribution in [2.75, 3.05) is 13.2 Å². The summed E-state index contributed by atoms with van der Waals surface area (Å²) < 4.78 is 11.3. The molecule has 1 fully saturated rings. The summed E-state index contributed by atoms with van der Waals surface area (Å²) in [5.41, 5.74) is 0.919. The molecule has 1 aliphatic carbocycles. The summed E-state index contributed by atoms with van der Waals surface area (Å²) in [6.07, 6.45) is 4.62. The Kier molecular flexibility index (Phi) is 6.21. The van der Waals surface area contributed by atoms with Crippen molar-refractivity contribution in [3.05, 3.63) is 17.3 Å². The lowest BCUT2D eigenvalue weighted by atomic mass is 9.89. The molecule has 5 nitrogen and oxygen atoms in total. The van der Waals surface area contributed by atoms with Crippen molar-refractivity contribution in [1.29, 1.82) is 0 Å². The lowest BCUT2D eigenvalue weighted by Gasteiger charge is -2.27. The maximum absolute atomic E-state index is 9.95. The van der Waals surface area contributed by atoms with E-state index in [1.165, 1.54) is 12.8 Å². The van der Waals surface area contributed by atoms with E-state index in [2.05, 4.69) is 17.2 Å². The number of hydrogen-bond acceptors (Lipinski definition) is 5. The molecule has 120 valence electrons. The van der Waals surface area contributed by atoms with Crippen LogP contribution in [-0.2, 0) is 11.3 Å². The van der Waals surface area contributed by atoms with Crippen molar-refractivity contribution in [3.8, 4) is 0 Å². The molecule has 21 heavy (non-hydrogen) atoms. The number of aliphatic hydroxyl groups excluding tert-OH is 1. The zero-order valence-electron chi connectivity index (χ0n) is 13.4. The zero-order valence-corrected chi connectivity index (χ0v) is 13.4. The van der Waals surface area contributed by atoms with Gasteiger partial charge >= 0.3 is 0 Å². The first kappa shape index (κ1) is 16.5. The third kappa shape index (κ3) is 5.41. The number of oxazole rings is 1. The van der Waals surface area contributed by atoms with Gasteiger partial charge in [0.1, 0.15) is 5.76 Å². The summed E-state index contributed by atoms with van der Waals surface area (Å²) in [5, 5.41) is 13.1. The Morgan fingerprint density at radius 2 is 2.24 bits per heavy atom. The fourth-order valence-electron chi connectivity index (χ4n) is 2.80. The van der Waals surface area contributed by atoms with E-state index in [0.29, 0.717) is 31.7 Å². The van der Waals surface area contributed by atoms with Gasteiger partial charge in [-0.25, -0.2) is 4.98 Å². The number of hydrogen-bond donors (Lipinski definition) is 2. The highest BCUT2D eigenvalue weighted by molar-refractivity contribution is 5.05. The molecule has 1 aromatic heterocycles. The van der Waals surface area contributed by atoms with Gasteiger partial charge in [-0.1, -0.05) is 19.8 Å². The minimum atomic E-state index is -0.487. The van der Waals surface area contributed by atoms with Crippen LogP contribution in [0, 0.1) is 19.8 Å². The molecule has 0 spiro atoms. The minimum Gasteiger partial charge on any atom is -0.444 e. The third-order valence-corrected chi connectivity index (χ3v) is 4.14. The molecule has 0 saturated heterocycles. The molecule has 0 aliphatic heterocycles. The van der Waals surface area contributed by atoms with Crippen LogP contribution in [0.4, 0.5) is 0 Å². The molecule has 0 amide bonds. The van der Waals surface area contributed by atoms with Gasteiger partial charge in [-0.2, -0.15) is 0 Å². The van der Waals surface area contributed by atoms with Gasteiger partial charge in [0.15, 0.2) is 0 Å². The number of rotatable bonds is 7. The predicted octanol–water partition coefficient (Wildman–Crippen LogP) is 2.34. The Bertz CT molecular complexity index is 414. The number of ether oxygens (including phenoxy) is 1. The number of nitrogens with one attached hydrogen (secondary N) is 1. The molecule has 1 aliphatic rings. The first-order valence-corrected chi connectivity index (χ1v) is 7.98. The minimum absolute atomic E-state index is 0.320. The van der Waals surface area contributed by atoms with Gasteiger partial charge in [0.05, 0.1) is 31.1 Å². The van der Waals surface area contributed by atoms with Gasteiger partial charge in [-0.3, -0.25) is 0 Å². The van der Waals surface area contributed by atoms with Crippen molar-refractivity contribution in [1.82, 2.24) is 10.3 Å². The summed E-state index contributed by atoms with van der Waals surface area (Å²) in [5.74, 6) is 2.26. The highest BCUT2D eigenvalue weighted by Crippen LogP contribution is 2.25. The van der Waals surface area contributed by atoms with E-state index in [1.54, 1.807) is 0 Å². The van der Waals surface area contributed by atoms with Crippen molar-refractivity contribution >= 4 is 0 Å². The average Bonchev–Trinajstić information content (AvgIpc) is 2.75. The number of aryl methyl sites for hydroxylation is 2. The van der Waals surface area contributed by atoms with Crippen molar-refractivity contribution < 1.29 is 14.3 Å². The van der Waals surface area contributed by atoms with E-state index in [4.69, 9.17) is 9.15 Å². The fraction of sp³-hybridized carbons (Fsp3) is 0.812. The predicted molar refractivity (Wildman–Crippen MR) is 81.1 cm³/mol. The van der Waals surface area contributed by atoms with Crippen LogP contribution in [-0.4, -0.2) is 35.5 Å². The Labute approximate surface area is 127 Å². The lowest BCUT2D eigenvalue weighted by Crippen LogP contribution is -2.33. The van der Waals surface area contributed by atoms with E-state index in [9.17, 15) is 5.11 Å². The van der Waals surface area contributed by atoms with Crippen molar-refractivity contribution in [3.63, 3.8) is 0 Å². The quantitative estimate of drug-likeness (QED) is 0.808. The summed E-state index contributed by atoms with van der Waals surface area (Å²) in [7, 11) is 0. The van der Waals surface area contributed by atoms with Crippen LogP contribution < -0.4 is 5.32 Å². The number of aliphatic hydroxyl groups is 1. The largest absolute Gasteiger partial charge is 0.444 e. The second kappa shape index (κ2) is 7.92.